The maximum atomic E-state index is 5.86. The predicted molar refractivity (Wildman–Crippen MR) is 69.5 cm³/mol. The van der Waals surface area contributed by atoms with Crippen molar-refractivity contribution in [2.75, 3.05) is 26.2 Å². The molecule has 0 saturated carbocycles. The van der Waals surface area contributed by atoms with E-state index in [4.69, 9.17) is 4.74 Å². The molecule has 0 unspecified atom stereocenters. The monoisotopic (exact) mass is 231 g/mol. The number of hydrogen-bond acceptors (Lipinski definition) is 2. The molecule has 17 heavy (non-hydrogen) atoms. The first-order valence-electron chi connectivity index (χ1n) is 6.82. The van der Waals surface area contributed by atoms with E-state index in [9.17, 15) is 0 Å². The van der Waals surface area contributed by atoms with E-state index in [0.717, 1.165) is 12.4 Å². The van der Waals surface area contributed by atoms with Crippen LogP contribution < -0.4 is 4.74 Å². The summed E-state index contributed by atoms with van der Waals surface area (Å²) in [6.45, 7) is 6.88. The predicted octanol–water partition coefficient (Wildman–Crippen LogP) is 2.89. The molecule has 0 amide bonds. The van der Waals surface area contributed by atoms with Gasteiger partial charge in [0.15, 0.2) is 0 Å². The van der Waals surface area contributed by atoms with Gasteiger partial charge in [-0.1, -0.05) is 31.5 Å². The summed E-state index contributed by atoms with van der Waals surface area (Å²) >= 11 is 0. The van der Waals surface area contributed by atoms with Crippen LogP contribution in [0.4, 0.5) is 0 Å². The van der Waals surface area contributed by atoms with Crippen LogP contribution in [0.15, 0.2) is 24.3 Å². The normalized spacial score (nSPS) is 27.4. The van der Waals surface area contributed by atoms with Gasteiger partial charge in [0.25, 0.3) is 0 Å². The van der Waals surface area contributed by atoms with Crippen LogP contribution in [-0.4, -0.2) is 31.1 Å². The topological polar surface area (TPSA) is 12.5 Å². The minimum Gasteiger partial charge on any atom is -0.493 e. The molecule has 0 aromatic heterocycles. The molecule has 0 spiro atoms. The molecular weight excluding hydrogens is 210 g/mol. The van der Waals surface area contributed by atoms with E-state index in [-0.39, 0.29) is 0 Å². The van der Waals surface area contributed by atoms with Gasteiger partial charge in [-0.15, -0.1) is 0 Å². The number of likely N-dealkylation sites (tertiary alicyclic amines) is 1. The Morgan fingerprint density at radius 3 is 3.06 bits per heavy atom. The fourth-order valence-electron chi connectivity index (χ4n) is 3.16. The number of hydrogen-bond donors (Lipinski definition) is 0. The van der Waals surface area contributed by atoms with Gasteiger partial charge in [-0.25, -0.2) is 0 Å². The molecule has 2 heterocycles. The fraction of sp³-hybridized carbons (Fsp3) is 0.600. The quantitative estimate of drug-likeness (QED) is 0.793. The molecule has 2 heteroatoms. The van der Waals surface area contributed by atoms with Crippen molar-refractivity contribution in [3.63, 3.8) is 0 Å². The van der Waals surface area contributed by atoms with Gasteiger partial charge in [0.1, 0.15) is 5.75 Å². The molecule has 2 atom stereocenters. The summed E-state index contributed by atoms with van der Waals surface area (Å²) in [6.07, 6.45) is 2.61. The van der Waals surface area contributed by atoms with Gasteiger partial charge >= 0.3 is 0 Å². The second-order valence-electron chi connectivity index (χ2n) is 5.33. The maximum Gasteiger partial charge on any atom is 0.122 e. The number of ether oxygens (including phenoxy) is 1. The van der Waals surface area contributed by atoms with Gasteiger partial charge in [-0.2, -0.15) is 0 Å². The Labute approximate surface area is 104 Å². The highest BCUT2D eigenvalue weighted by atomic mass is 16.5. The first-order chi connectivity index (χ1) is 8.38. The van der Waals surface area contributed by atoms with Crippen LogP contribution >= 0.6 is 0 Å². The smallest absolute Gasteiger partial charge is 0.122 e. The molecule has 0 aliphatic carbocycles. The maximum absolute atomic E-state index is 5.86. The molecule has 0 radical (unpaired) electrons. The van der Waals surface area contributed by atoms with E-state index in [2.05, 4.69) is 36.1 Å². The number of nitrogens with zero attached hydrogens (tertiary/aromatic N) is 1. The van der Waals surface area contributed by atoms with Gasteiger partial charge in [0, 0.05) is 24.9 Å². The van der Waals surface area contributed by atoms with Crippen LogP contribution in [0, 0.1) is 5.92 Å². The molecule has 1 aromatic carbocycles. The minimum atomic E-state index is 0.705. The highest BCUT2D eigenvalue weighted by Gasteiger charge is 2.37. The molecule has 0 bridgehead atoms. The molecule has 1 aromatic rings. The molecule has 1 saturated heterocycles. The van der Waals surface area contributed by atoms with Crippen LogP contribution in [-0.2, 0) is 0 Å². The zero-order chi connectivity index (χ0) is 11.7. The van der Waals surface area contributed by atoms with Crippen LogP contribution in [0.2, 0.25) is 0 Å². The van der Waals surface area contributed by atoms with Gasteiger partial charge < -0.3 is 9.64 Å². The van der Waals surface area contributed by atoms with Crippen molar-refractivity contribution >= 4 is 0 Å². The van der Waals surface area contributed by atoms with Crippen molar-refractivity contribution in [2.24, 2.45) is 5.92 Å². The van der Waals surface area contributed by atoms with Crippen molar-refractivity contribution in [1.29, 1.82) is 0 Å². The van der Waals surface area contributed by atoms with Crippen molar-refractivity contribution in [2.45, 2.75) is 25.7 Å². The summed E-state index contributed by atoms with van der Waals surface area (Å²) in [5.74, 6) is 2.53. The number of fused-ring (bicyclic) bond motifs is 3. The summed E-state index contributed by atoms with van der Waals surface area (Å²) in [4.78, 5) is 2.62. The van der Waals surface area contributed by atoms with Gasteiger partial charge in [-0.3, -0.25) is 0 Å². The third-order valence-electron chi connectivity index (χ3n) is 4.12. The molecule has 1 fully saturated rings. The zero-order valence-corrected chi connectivity index (χ0v) is 10.6. The molecule has 0 N–H and O–H groups in total. The Kier molecular flexibility index (Phi) is 3.06. The molecular formula is C15H21NO. The third kappa shape index (κ3) is 2.06. The van der Waals surface area contributed by atoms with Gasteiger partial charge in [0.2, 0.25) is 0 Å². The van der Waals surface area contributed by atoms with Crippen molar-refractivity contribution in [3.05, 3.63) is 29.8 Å². The van der Waals surface area contributed by atoms with E-state index in [0.29, 0.717) is 11.8 Å². The first kappa shape index (κ1) is 11.1. The van der Waals surface area contributed by atoms with E-state index in [1.807, 2.05) is 0 Å². The number of benzene rings is 1. The Bertz CT molecular complexity index is 390. The Morgan fingerprint density at radius 1 is 1.29 bits per heavy atom. The van der Waals surface area contributed by atoms with Gasteiger partial charge in [0.05, 0.1) is 6.61 Å². The molecule has 92 valence electrons. The highest BCUT2D eigenvalue weighted by Crippen LogP contribution is 2.41. The minimum absolute atomic E-state index is 0.705. The average Bonchev–Trinajstić information content (AvgIpc) is 2.79. The van der Waals surface area contributed by atoms with E-state index in [1.165, 1.54) is 38.0 Å². The summed E-state index contributed by atoms with van der Waals surface area (Å²) < 4.78 is 5.86. The number of unbranched alkanes of at least 4 members (excludes halogenated alkanes) is 1. The lowest BCUT2D eigenvalue weighted by atomic mass is 9.87. The molecule has 2 aliphatic rings. The zero-order valence-electron chi connectivity index (χ0n) is 10.6. The van der Waals surface area contributed by atoms with E-state index >= 15 is 0 Å². The second kappa shape index (κ2) is 4.69. The lowest BCUT2D eigenvalue weighted by molar-refractivity contribution is 0.212. The van der Waals surface area contributed by atoms with Crippen molar-refractivity contribution in [3.8, 4) is 5.75 Å². The largest absolute Gasteiger partial charge is 0.493 e. The van der Waals surface area contributed by atoms with Crippen LogP contribution in [0.5, 0.6) is 5.75 Å². The summed E-state index contributed by atoms with van der Waals surface area (Å²) in [7, 11) is 0. The molecule has 2 nitrogen and oxygen atoms in total. The number of para-hydroxylation sites is 1. The Balaban J connectivity index is 1.75. The standard InChI is InChI=1S/C15H21NO/c1-2-3-8-16-9-12-11-17-15-7-5-4-6-13(15)14(12)10-16/h4-7,12,14H,2-3,8-11H2,1H3/t12-,14+/m1/s1. The summed E-state index contributed by atoms with van der Waals surface area (Å²) in [5.41, 5.74) is 1.43. The SMILES string of the molecule is CCCCN1C[C@@H]2COc3ccccc3[C@H]2C1. The van der Waals surface area contributed by atoms with Crippen molar-refractivity contribution < 1.29 is 4.74 Å². The Hall–Kier alpha value is -1.02. The fourth-order valence-corrected chi connectivity index (χ4v) is 3.16. The van der Waals surface area contributed by atoms with E-state index in [1.54, 1.807) is 0 Å². The first-order valence-corrected chi connectivity index (χ1v) is 6.82. The summed E-state index contributed by atoms with van der Waals surface area (Å²) in [5, 5.41) is 0. The molecule has 2 aliphatic heterocycles. The average molecular weight is 231 g/mol. The second-order valence-corrected chi connectivity index (χ2v) is 5.33. The van der Waals surface area contributed by atoms with E-state index < -0.39 is 0 Å². The van der Waals surface area contributed by atoms with Gasteiger partial charge in [-0.05, 0) is 24.6 Å². The summed E-state index contributed by atoms with van der Waals surface area (Å²) in [6, 6.07) is 8.57. The van der Waals surface area contributed by atoms with Crippen LogP contribution in [0.1, 0.15) is 31.2 Å². The van der Waals surface area contributed by atoms with Crippen molar-refractivity contribution in [1.82, 2.24) is 4.90 Å². The van der Waals surface area contributed by atoms with Crippen LogP contribution in [0.3, 0.4) is 0 Å². The lowest BCUT2D eigenvalue weighted by Gasteiger charge is -2.27. The van der Waals surface area contributed by atoms with Crippen LogP contribution in [0.25, 0.3) is 0 Å². The molecule has 3 rings (SSSR count). The third-order valence-corrected chi connectivity index (χ3v) is 4.12. The highest BCUT2D eigenvalue weighted by molar-refractivity contribution is 5.39. The lowest BCUT2D eigenvalue weighted by Crippen LogP contribution is -2.25. The Morgan fingerprint density at radius 2 is 2.18 bits per heavy atom. The number of rotatable bonds is 3.